The van der Waals surface area contributed by atoms with Gasteiger partial charge in [0.2, 0.25) is 0 Å². The van der Waals surface area contributed by atoms with Gasteiger partial charge < -0.3 is 10.1 Å². The number of anilines is 1. The summed E-state index contributed by atoms with van der Waals surface area (Å²) in [5, 5.41) is 6.24. The van der Waals surface area contributed by atoms with Gasteiger partial charge in [0.05, 0.1) is 11.6 Å². The van der Waals surface area contributed by atoms with Gasteiger partial charge >= 0.3 is 0 Å². The number of nitrogens with one attached hydrogen (secondary N) is 1. The van der Waals surface area contributed by atoms with Crippen LogP contribution in [0.25, 0.3) is 10.4 Å². The monoisotopic (exact) mass is 317 g/mol. The standard InChI is InChI=1S/C17H16ClNOS/c1-2-20-16-7-6-12(10-14(16)18)11-19-15-8-9-21-17-5-3-4-13(15)17/h3-10,19H,2,11H2,1H3. The Morgan fingerprint density at radius 3 is 2.90 bits per heavy atom. The van der Waals surface area contributed by atoms with E-state index in [1.807, 2.05) is 25.1 Å². The zero-order chi connectivity index (χ0) is 14.7. The minimum Gasteiger partial charge on any atom is -0.492 e. The molecule has 0 saturated carbocycles. The molecule has 0 atom stereocenters. The first-order valence-electron chi connectivity index (χ1n) is 6.89. The summed E-state index contributed by atoms with van der Waals surface area (Å²) in [6, 6.07) is 14.4. The van der Waals surface area contributed by atoms with Crippen LogP contribution in [-0.4, -0.2) is 6.61 Å². The fourth-order valence-electron chi connectivity index (χ4n) is 2.27. The molecule has 2 nitrogen and oxygen atoms in total. The van der Waals surface area contributed by atoms with Gasteiger partial charge in [-0.05, 0) is 42.1 Å². The molecule has 1 aromatic rings. The van der Waals surface area contributed by atoms with Crippen molar-refractivity contribution in [2.45, 2.75) is 13.5 Å². The topological polar surface area (TPSA) is 21.3 Å². The largest absolute Gasteiger partial charge is 0.492 e. The maximum atomic E-state index is 6.22. The molecule has 0 spiro atoms. The van der Waals surface area contributed by atoms with Gasteiger partial charge in [-0.1, -0.05) is 29.8 Å². The van der Waals surface area contributed by atoms with Crippen LogP contribution in [0, 0.1) is 0 Å². The van der Waals surface area contributed by atoms with E-state index in [0.717, 1.165) is 23.5 Å². The van der Waals surface area contributed by atoms with Crippen LogP contribution in [0.4, 0.5) is 5.69 Å². The lowest BCUT2D eigenvalue weighted by Gasteiger charge is -2.12. The second-order valence-corrected chi connectivity index (χ2v) is 6.04. The average Bonchev–Trinajstić information content (AvgIpc) is 2.97. The molecule has 1 heterocycles. The third-order valence-corrected chi connectivity index (χ3v) is 4.45. The van der Waals surface area contributed by atoms with E-state index >= 15 is 0 Å². The summed E-state index contributed by atoms with van der Waals surface area (Å²) in [4.78, 5) is 1.30. The number of benzene rings is 1. The number of rotatable bonds is 5. The third-order valence-electron chi connectivity index (χ3n) is 3.27. The van der Waals surface area contributed by atoms with Crippen LogP contribution in [0.1, 0.15) is 12.5 Å². The molecule has 0 unspecified atom stereocenters. The Hall–Kier alpha value is -1.71. The first kappa shape index (κ1) is 14.2. The summed E-state index contributed by atoms with van der Waals surface area (Å²) < 4.78 is 5.45. The van der Waals surface area contributed by atoms with Gasteiger partial charge in [-0.15, -0.1) is 11.3 Å². The summed E-state index contributed by atoms with van der Waals surface area (Å²) in [6.45, 7) is 3.31. The van der Waals surface area contributed by atoms with E-state index in [1.165, 1.54) is 10.4 Å². The third kappa shape index (κ3) is 3.14. The normalized spacial score (nSPS) is 10.8. The molecule has 0 fully saturated rings. The molecule has 3 rings (SSSR count). The smallest absolute Gasteiger partial charge is 0.137 e. The van der Waals surface area contributed by atoms with E-state index in [1.54, 1.807) is 11.3 Å². The predicted molar refractivity (Wildman–Crippen MR) is 90.9 cm³/mol. The Bertz CT molecular complexity index is 710. The zero-order valence-corrected chi connectivity index (χ0v) is 13.3. The van der Waals surface area contributed by atoms with Crippen LogP contribution in [0.3, 0.4) is 0 Å². The van der Waals surface area contributed by atoms with Crippen LogP contribution < -0.4 is 10.1 Å². The lowest BCUT2D eigenvalue weighted by Crippen LogP contribution is -2.01. The summed E-state index contributed by atoms with van der Waals surface area (Å²) >= 11 is 7.97. The van der Waals surface area contributed by atoms with E-state index in [4.69, 9.17) is 16.3 Å². The van der Waals surface area contributed by atoms with Gasteiger partial charge in [0, 0.05) is 22.7 Å². The highest BCUT2D eigenvalue weighted by Crippen LogP contribution is 2.34. The lowest BCUT2D eigenvalue weighted by molar-refractivity contribution is 0.340. The van der Waals surface area contributed by atoms with Gasteiger partial charge in [-0.3, -0.25) is 0 Å². The minimum absolute atomic E-state index is 0.622. The van der Waals surface area contributed by atoms with Crippen molar-refractivity contribution in [1.29, 1.82) is 0 Å². The zero-order valence-electron chi connectivity index (χ0n) is 11.7. The van der Waals surface area contributed by atoms with Gasteiger partial charge in [0.25, 0.3) is 0 Å². The summed E-state index contributed by atoms with van der Waals surface area (Å²) in [5.74, 6) is 0.739. The van der Waals surface area contributed by atoms with Crippen molar-refractivity contribution in [3.05, 3.63) is 58.4 Å². The first-order valence-corrected chi connectivity index (χ1v) is 8.15. The number of fused-ring (bicyclic) bond motifs is 1. The predicted octanol–water partition coefficient (Wildman–Crippen LogP) is 5.52. The first-order chi connectivity index (χ1) is 10.3. The molecule has 4 heteroatoms. The van der Waals surface area contributed by atoms with Crippen molar-refractivity contribution >= 4 is 28.6 Å². The van der Waals surface area contributed by atoms with E-state index in [0.29, 0.717) is 11.6 Å². The van der Waals surface area contributed by atoms with E-state index in [-0.39, 0.29) is 0 Å². The molecule has 21 heavy (non-hydrogen) atoms. The molecular formula is C17H16ClNOS. The SMILES string of the molecule is CCOc1ccc(CNc2ccsc3cccc2-3)cc1Cl. The number of halogens is 1. The van der Waals surface area contributed by atoms with Gasteiger partial charge in [-0.25, -0.2) is 0 Å². The molecule has 0 bridgehead atoms. The Balaban J connectivity index is 1.73. The molecule has 0 amide bonds. The van der Waals surface area contributed by atoms with Crippen molar-refractivity contribution in [2.24, 2.45) is 0 Å². The Kier molecular flexibility index (Phi) is 4.32. The molecule has 1 N–H and O–H groups in total. The summed E-state index contributed by atoms with van der Waals surface area (Å²) in [7, 11) is 0. The highest BCUT2D eigenvalue weighted by molar-refractivity contribution is 7.13. The quantitative estimate of drug-likeness (QED) is 0.669. The number of ether oxygens (including phenoxy) is 1. The molecule has 0 saturated heterocycles. The molecule has 0 aromatic heterocycles. The van der Waals surface area contributed by atoms with Crippen molar-refractivity contribution in [1.82, 2.24) is 0 Å². The number of hydrogen-bond acceptors (Lipinski definition) is 3. The molecule has 1 aliphatic heterocycles. The fourth-order valence-corrected chi connectivity index (χ4v) is 3.34. The lowest BCUT2D eigenvalue weighted by atomic mass is 10.2. The molecule has 1 aromatic carbocycles. The maximum Gasteiger partial charge on any atom is 0.137 e. The molecule has 1 aliphatic carbocycles. The van der Waals surface area contributed by atoms with Crippen molar-refractivity contribution in [2.75, 3.05) is 11.9 Å². The Morgan fingerprint density at radius 1 is 1.19 bits per heavy atom. The molecular weight excluding hydrogens is 302 g/mol. The maximum absolute atomic E-state index is 6.22. The Morgan fingerprint density at radius 2 is 2.10 bits per heavy atom. The number of hydrogen-bond donors (Lipinski definition) is 1. The summed E-state index contributed by atoms with van der Waals surface area (Å²) in [6.07, 6.45) is 0. The van der Waals surface area contributed by atoms with Gasteiger partial charge in [0.1, 0.15) is 5.75 Å². The van der Waals surface area contributed by atoms with Crippen LogP contribution >= 0.6 is 22.9 Å². The van der Waals surface area contributed by atoms with E-state index in [2.05, 4.69) is 35.0 Å². The van der Waals surface area contributed by atoms with E-state index < -0.39 is 0 Å². The fraction of sp³-hybridized carbons (Fsp3) is 0.176. The molecule has 108 valence electrons. The van der Waals surface area contributed by atoms with Crippen LogP contribution in [0.15, 0.2) is 47.8 Å². The Labute approximate surface area is 133 Å². The van der Waals surface area contributed by atoms with Crippen molar-refractivity contribution < 1.29 is 4.74 Å². The highest BCUT2D eigenvalue weighted by atomic mass is 35.5. The van der Waals surface area contributed by atoms with Gasteiger partial charge in [0.15, 0.2) is 0 Å². The minimum atomic E-state index is 0.622. The van der Waals surface area contributed by atoms with Crippen molar-refractivity contribution in [3.8, 4) is 16.2 Å². The molecule has 0 radical (unpaired) electrons. The van der Waals surface area contributed by atoms with E-state index in [9.17, 15) is 0 Å². The average molecular weight is 318 g/mol. The second-order valence-electron chi connectivity index (χ2n) is 4.69. The van der Waals surface area contributed by atoms with Crippen molar-refractivity contribution in [3.63, 3.8) is 0 Å². The highest BCUT2D eigenvalue weighted by Gasteiger charge is 2.08. The van der Waals surface area contributed by atoms with Crippen LogP contribution in [0.2, 0.25) is 5.02 Å². The molecule has 2 aliphatic rings. The second kappa shape index (κ2) is 6.37. The van der Waals surface area contributed by atoms with Crippen LogP contribution in [-0.2, 0) is 6.54 Å². The van der Waals surface area contributed by atoms with Gasteiger partial charge in [-0.2, -0.15) is 0 Å². The van der Waals surface area contributed by atoms with Crippen LogP contribution in [0.5, 0.6) is 5.75 Å². The summed E-state index contributed by atoms with van der Waals surface area (Å²) in [5.41, 5.74) is 3.55.